The third kappa shape index (κ3) is 7.65. The Morgan fingerprint density at radius 3 is 2.05 bits per heavy atom. The molecular weight excluding hydrogens is 545 g/mol. The van der Waals surface area contributed by atoms with Crippen LogP contribution in [0.3, 0.4) is 0 Å². The van der Waals surface area contributed by atoms with Gasteiger partial charge in [0.1, 0.15) is 17.6 Å². The monoisotopic (exact) mass is 593 g/mol. The van der Waals surface area contributed by atoms with E-state index >= 15 is 4.39 Å². The van der Waals surface area contributed by atoms with Gasteiger partial charge in [0.2, 0.25) is 11.8 Å². The first-order valence-electron chi connectivity index (χ1n) is 16.5. The van der Waals surface area contributed by atoms with Crippen LogP contribution in [-0.2, 0) is 9.59 Å². The number of nitrogens with one attached hydrogen (secondary N) is 3. The Hall–Kier alpha value is -3.23. The molecule has 9 heteroatoms. The highest BCUT2D eigenvalue weighted by Gasteiger charge is 2.41. The number of anilines is 1. The van der Waals surface area contributed by atoms with Crippen molar-refractivity contribution >= 4 is 23.4 Å². The maximum atomic E-state index is 15.5. The molecule has 2 aromatic rings. The highest BCUT2D eigenvalue weighted by Crippen LogP contribution is 2.42. The van der Waals surface area contributed by atoms with Crippen molar-refractivity contribution in [2.24, 2.45) is 17.8 Å². The number of amides is 3. The molecule has 2 unspecified atom stereocenters. The van der Waals surface area contributed by atoms with Gasteiger partial charge in [-0.25, -0.2) is 4.39 Å². The van der Waals surface area contributed by atoms with Crippen LogP contribution in [0.15, 0.2) is 30.5 Å². The van der Waals surface area contributed by atoms with Crippen molar-refractivity contribution in [3.8, 4) is 0 Å². The zero-order valence-electron chi connectivity index (χ0n) is 25.9. The molecule has 3 amide bonds. The Morgan fingerprint density at radius 1 is 0.860 bits per heavy atom. The second-order valence-corrected chi connectivity index (χ2v) is 13.3. The molecule has 2 atom stereocenters. The summed E-state index contributed by atoms with van der Waals surface area (Å²) in [5, 5.41) is 13.3. The average Bonchev–Trinajstić information content (AvgIpc) is 3.68. The zero-order chi connectivity index (χ0) is 30.5. The van der Waals surface area contributed by atoms with Gasteiger partial charge in [0.15, 0.2) is 0 Å². The van der Waals surface area contributed by atoms with Gasteiger partial charge in [-0.2, -0.15) is 5.10 Å². The van der Waals surface area contributed by atoms with E-state index in [2.05, 4.69) is 21.0 Å². The van der Waals surface area contributed by atoms with Crippen molar-refractivity contribution < 1.29 is 18.8 Å². The van der Waals surface area contributed by atoms with Crippen molar-refractivity contribution in [1.82, 2.24) is 20.4 Å². The first kappa shape index (κ1) is 31.2. The predicted molar refractivity (Wildman–Crippen MR) is 165 cm³/mol. The molecule has 1 aromatic carbocycles. The number of benzene rings is 1. The quantitative estimate of drug-likeness (QED) is 0.277. The van der Waals surface area contributed by atoms with Crippen LogP contribution < -0.4 is 16.0 Å². The van der Waals surface area contributed by atoms with Crippen LogP contribution in [0.4, 0.5) is 10.1 Å². The van der Waals surface area contributed by atoms with Gasteiger partial charge in [-0.3, -0.25) is 19.1 Å². The zero-order valence-corrected chi connectivity index (χ0v) is 25.9. The Bertz CT molecular complexity index is 1260. The molecule has 5 rings (SSSR count). The number of rotatable bonds is 11. The first-order valence-corrected chi connectivity index (χ1v) is 16.5. The Kier molecular flexibility index (Phi) is 10.2. The number of aromatic nitrogens is 2. The van der Waals surface area contributed by atoms with E-state index in [1.165, 1.54) is 25.0 Å². The summed E-state index contributed by atoms with van der Waals surface area (Å²) >= 11 is 0. The van der Waals surface area contributed by atoms with Crippen LogP contribution in [0.1, 0.15) is 126 Å². The van der Waals surface area contributed by atoms with Crippen molar-refractivity contribution in [3.63, 3.8) is 0 Å². The lowest BCUT2D eigenvalue weighted by Crippen LogP contribution is -2.53. The van der Waals surface area contributed by atoms with Gasteiger partial charge < -0.3 is 16.0 Å². The van der Waals surface area contributed by atoms with Crippen LogP contribution in [0.2, 0.25) is 0 Å². The fourth-order valence-corrected chi connectivity index (χ4v) is 7.24. The van der Waals surface area contributed by atoms with E-state index in [0.717, 1.165) is 64.2 Å². The number of carbonyl (C=O) groups excluding carboxylic acids is 3. The molecule has 1 heterocycles. The van der Waals surface area contributed by atoms with Crippen LogP contribution in [0.5, 0.6) is 0 Å². The standard InChI is InChI=1S/C34H48FN5O3/c1-21(2)40-29(18-19-36-40)33(42)39-31(30(23-10-6-4-7-11-23)24-12-8-5-9-13-24)34(43)38-28-17-14-25(20-27(28)35)22(3)32(41)37-26-15-16-26/h14,17-24,26,30-31H,4-13,15-16H2,1-3H3,(H,37,41)(H,38,43)(H,39,42). The van der Waals surface area contributed by atoms with E-state index in [4.69, 9.17) is 0 Å². The maximum absolute atomic E-state index is 15.5. The molecule has 1 aromatic heterocycles. The molecule has 3 aliphatic carbocycles. The molecule has 3 saturated carbocycles. The fraction of sp³-hybridized carbons (Fsp3) is 0.647. The van der Waals surface area contributed by atoms with Crippen molar-refractivity contribution in [2.75, 3.05) is 5.32 Å². The minimum atomic E-state index is -0.809. The van der Waals surface area contributed by atoms with Gasteiger partial charge in [-0.05, 0) is 75.1 Å². The van der Waals surface area contributed by atoms with Crippen LogP contribution >= 0.6 is 0 Å². The van der Waals surface area contributed by atoms with Crippen molar-refractivity contribution in [3.05, 3.63) is 47.5 Å². The highest BCUT2D eigenvalue weighted by atomic mass is 19.1. The fourth-order valence-electron chi connectivity index (χ4n) is 7.24. The summed E-state index contributed by atoms with van der Waals surface area (Å²) in [5.41, 5.74) is 1.02. The number of carbonyl (C=O) groups is 3. The SMILES string of the molecule is CC(C(=O)NC1CC1)c1ccc(NC(=O)C(NC(=O)c2ccnn2C(C)C)C(C2CCCCC2)C2CCCCC2)c(F)c1. The van der Waals surface area contributed by atoms with Gasteiger partial charge in [0, 0.05) is 18.3 Å². The third-order valence-electron chi connectivity index (χ3n) is 9.80. The summed E-state index contributed by atoms with van der Waals surface area (Å²) in [6.45, 7) is 5.69. The average molecular weight is 594 g/mol. The molecule has 0 saturated heterocycles. The molecular formula is C34H48FN5O3. The first-order chi connectivity index (χ1) is 20.7. The third-order valence-corrected chi connectivity index (χ3v) is 9.80. The lowest BCUT2D eigenvalue weighted by atomic mass is 9.66. The van der Waals surface area contributed by atoms with E-state index in [0.29, 0.717) is 23.1 Å². The van der Waals surface area contributed by atoms with E-state index in [9.17, 15) is 14.4 Å². The minimum absolute atomic E-state index is 0.0168. The molecule has 3 N–H and O–H groups in total. The Labute approximate surface area is 255 Å². The van der Waals surface area contributed by atoms with Crippen LogP contribution in [0, 0.1) is 23.6 Å². The van der Waals surface area contributed by atoms with Gasteiger partial charge in [-0.15, -0.1) is 0 Å². The number of hydrogen-bond donors (Lipinski definition) is 3. The van der Waals surface area contributed by atoms with Crippen molar-refractivity contribution in [1.29, 1.82) is 0 Å². The molecule has 3 aliphatic rings. The molecule has 43 heavy (non-hydrogen) atoms. The van der Waals surface area contributed by atoms with Crippen LogP contribution in [0.25, 0.3) is 0 Å². The molecule has 8 nitrogen and oxygen atoms in total. The van der Waals surface area contributed by atoms with E-state index < -0.39 is 23.7 Å². The summed E-state index contributed by atoms with van der Waals surface area (Å²) in [4.78, 5) is 40.5. The minimum Gasteiger partial charge on any atom is -0.353 e. The number of hydrogen-bond acceptors (Lipinski definition) is 4. The molecule has 0 aliphatic heterocycles. The molecule has 0 bridgehead atoms. The van der Waals surface area contributed by atoms with Gasteiger partial charge in [0.25, 0.3) is 5.91 Å². The second kappa shape index (κ2) is 14.0. The van der Waals surface area contributed by atoms with Gasteiger partial charge >= 0.3 is 0 Å². The number of nitrogens with zero attached hydrogens (tertiary/aromatic N) is 2. The molecule has 3 fully saturated rings. The largest absolute Gasteiger partial charge is 0.353 e. The summed E-state index contributed by atoms with van der Waals surface area (Å²) in [5.74, 6) is -1.34. The lowest BCUT2D eigenvalue weighted by molar-refractivity contribution is -0.122. The molecule has 0 radical (unpaired) electrons. The summed E-state index contributed by atoms with van der Waals surface area (Å²) < 4.78 is 17.1. The van der Waals surface area contributed by atoms with E-state index in [-0.39, 0.29) is 35.5 Å². The van der Waals surface area contributed by atoms with Crippen LogP contribution in [-0.4, -0.2) is 39.6 Å². The maximum Gasteiger partial charge on any atom is 0.270 e. The topological polar surface area (TPSA) is 105 Å². The normalized spacial score (nSPS) is 19.7. The summed E-state index contributed by atoms with van der Waals surface area (Å²) in [6.07, 6.45) is 14.6. The Balaban J connectivity index is 1.41. The molecule has 0 spiro atoms. The lowest BCUT2D eigenvalue weighted by Gasteiger charge is -2.42. The Morgan fingerprint density at radius 2 is 1.49 bits per heavy atom. The van der Waals surface area contributed by atoms with Crippen molar-refractivity contribution in [2.45, 2.75) is 122 Å². The summed E-state index contributed by atoms with van der Waals surface area (Å²) in [7, 11) is 0. The highest BCUT2D eigenvalue weighted by molar-refractivity contribution is 6.01. The molecule has 234 valence electrons. The predicted octanol–water partition coefficient (Wildman–Crippen LogP) is 6.50. The van der Waals surface area contributed by atoms with E-state index in [1.54, 1.807) is 29.9 Å². The number of halogens is 1. The van der Waals surface area contributed by atoms with Gasteiger partial charge in [0.05, 0.1) is 11.6 Å². The smallest absolute Gasteiger partial charge is 0.270 e. The van der Waals surface area contributed by atoms with E-state index in [1.807, 2.05) is 13.8 Å². The van der Waals surface area contributed by atoms with Gasteiger partial charge in [-0.1, -0.05) is 70.3 Å². The summed E-state index contributed by atoms with van der Waals surface area (Å²) in [6, 6.07) is 5.65. The second-order valence-electron chi connectivity index (χ2n) is 13.3.